The summed E-state index contributed by atoms with van der Waals surface area (Å²) in [5.74, 6) is 0. The summed E-state index contributed by atoms with van der Waals surface area (Å²) in [6.07, 6.45) is 0.897. The number of hydrogen-bond acceptors (Lipinski definition) is 2. The quantitative estimate of drug-likeness (QED) is 0.643. The van der Waals surface area contributed by atoms with E-state index in [1.165, 1.54) is 0 Å². The number of urea groups is 1. The summed E-state index contributed by atoms with van der Waals surface area (Å²) in [6, 6.07) is 5.44. The van der Waals surface area contributed by atoms with Gasteiger partial charge >= 0.3 is 6.03 Å². The number of carbonyl (C=O) groups excluding carboxylic acids is 1. The lowest BCUT2D eigenvalue weighted by molar-refractivity contribution is 0.236. The lowest BCUT2D eigenvalue weighted by Crippen LogP contribution is -2.52. The molecule has 1 aromatic rings. The number of hydrogen-bond donors (Lipinski definition) is 3. The van der Waals surface area contributed by atoms with Crippen LogP contribution in [0.25, 0.3) is 0 Å². The fourth-order valence-corrected chi connectivity index (χ4v) is 2.66. The fraction of sp³-hybridized carbons (Fsp3) is 0.364. The van der Waals surface area contributed by atoms with Crippen LogP contribution < -0.4 is 16.0 Å². The van der Waals surface area contributed by atoms with Gasteiger partial charge in [-0.1, -0.05) is 11.6 Å². The minimum absolute atomic E-state index is 0.140. The predicted molar refractivity (Wildman–Crippen MR) is 62.8 cm³/mol. The van der Waals surface area contributed by atoms with Crippen LogP contribution >= 0.6 is 11.6 Å². The van der Waals surface area contributed by atoms with Crippen molar-refractivity contribution < 1.29 is 4.79 Å². The minimum Gasteiger partial charge on any atom is -0.327 e. The maximum atomic E-state index is 11.6. The molecule has 3 N–H and O–H groups in total. The molecule has 2 heterocycles. The van der Waals surface area contributed by atoms with Crippen LogP contribution in [0, 0.1) is 0 Å². The van der Waals surface area contributed by atoms with Gasteiger partial charge in [-0.05, 0) is 31.2 Å². The van der Waals surface area contributed by atoms with Crippen molar-refractivity contribution >= 4 is 23.3 Å². The molecule has 0 radical (unpaired) electrons. The summed E-state index contributed by atoms with van der Waals surface area (Å²) in [4.78, 5) is 11.6. The van der Waals surface area contributed by atoms with Crippen molar-refractivity contribution in [2.45, 2.75) is 12.0 Å². The molecule has 4 nitrogen and oxygen atoms in total. The van der Waals surface area contributed by atoms with E-state index in [2.05, 4.69) is 16.0 Å². The number of rotatable bonds is 0. The van der Waals surface area contributed by atoms with Gasteiger partial charge in [0.2, 0.25) is 0 Å². The van der Waals surface area contributed by atoms with Crippen LogP contribution in [-0.2, 0) is 5.54 Å². The molecule has 16 heavy (non-hydrogen) atoms. The first-order chi connectivity index (χ1) is 7.70. The maximum Gasteiger partial charge on any atom is 0.319 e. The molecular formula is C11H12ClN3O. The molecule has 1 aromatic carbocycles. The third kappa shape index (κ3) is 1.37. The second-order valence-electron chi connectivity index (χ2n) is 4.28. The predicted octanol–water partition coefficient (Wildman–Crippen LogP) is 1.66. The zero-order valence-electron chi connectivity index (χ0n) is 8.64. The van der Waals surface area contributed by atoms with Gasteiger partial charge in [0.25, 0.3) is 0 Å². The Kier molecular flexibility index (Phi) is 2.09. The SMILES string of the molecule is O=C1Nc2ccc(Cl)cc2C2(CCNC2)N1. The minimum atomic E-state index is -0.289. The van der Waals surface area contributed by atoms with Crippen molar-refractivity contribution in [2.75, 3.05) is 18.4 Å². The van der Waals surface area contributed by atoms with Crippen molar-refractivity contribution in [3.8, 4) is 0 Å². The Bertz CT molecular complexity index is 455. The van der Waals surface area contributed by atoms with E-state index in [4.69, 9.17) is 11.6 Å². The average Bonchev–Trinajstić information content (AvgIpc) is 2.69. The summed E-state index contributed by atoms with van der Waals surface area (Å²) in [6.45, 7) is 1.67. The summed E-state index contributed by atoms with van der Waals surface area (Å²) in [7, 11) is 0. The number of amides is 2. The second kappa shape index (κ2) is 3.37. The van der Waals surface area contributed by atoms with Crippen molar-refractivity contribution in [1.82, 2.24) is 10.6 Å². The molecule has 1 unspecified atom stereocenters. The van der Waals surface area contributed by atoms with Crippen LogP contribution in [0.5, 0.6) is 0 Å². The van der Waals surface area contributed by atoms with Gasteiger partial charge in [-0.2, -0.15) is 0 Å². The van der Waals surface area contributed by atoms with Crippen molar-refractivity contribution in [3.63, 3.8) is 0 Å². The Morgan fingerprint density at radius 2 is 2.25 bits per heavy atom. The van der Waals surface area contributed by atoms with Gasteiger partial charge in [0.05, 0.1) is 5.54 Å². The largest absolute Gasteiger partial charge is 0.327 e. The number of carbonyl (C=O) groups is 1. The molecule has 0 bridgehead atoms. The van der Waals surface area contributed by atoms with E-state index in [0.29, 0.717) is 5.02 Å². The molecule has 1 spiro atoms. The van der Waals surface area contributed by atoms with Crippen molar-refractivity contribution in [3.05, 3.63) is 28.8 Å². The van der Waals surface area contributed by atoms with E-state index in [-0.39, 0.29) is 11.6 Å². The number of benzene rings is 1. The Balaban J connectivity index is 2.16. The van der Waals surface area contributed by atoms with Gasteiger partial charge in [0, 0.05) is 22.8 Å². The molecule has 2 amide bonds. The third-order valence-corrected chi connectivity index (χ3v) is 3.49. The Morgan fingerprint density at radius 1 is 1.38 bits per heavy atom. The van der Waals surface area contributed by atoms with Crippen LogP contribution in [0.4, 0.5) is 10.5 Å². The molecular weight excluding hydrogens is 226 g/mol. The molecule has 2 aliphatic heterocycles. The highest BCUT2D eigenvalue weighted by Gasteiger charge is 2.41. The summed E-state index contributed by atoms with van der Waals surface area (Å²) >= 11 is 6.01. The number of anilines is 1. The topological polar surface area (TPSA) is 53.2 Å². The van der Waals surface area contributed by atoms with Gasteiger partial charge in [-0.3, -0.25) is 0 Å². The van der Waals surface area contributed by atoms with Gasteiger partial charge in [0.1, 0.15) is 0 Å². The van der Waals surface area contributed by atoms with E-state index in [9.17, 15) is 4.79 Å². The average molecular weight is 238 g/mol. The highest BCUT2D eigenvalue weighted by Crippen LogP contribution is 2.37. The summed E-state index contributed by atoms with van der Waals surface area (Å²) < 4.78 is 0. The van der Waals surface area contributed by atoms with Crippen LogP contribution in [0.3, 0.4) is 0 Å². The number of nitrogens with one attached hydrogen (secondary N) is 3. The highest BCUT2D eigenvalue weighted by atomic mass is 35.5. The van der Waals surface area contributed by atoms with Crippen LogP contribution in [0.1, 0.15) is 12.0 Å². The van der Waals surface area contributed by atoms with Gasteiger partial charge < -0.3 is 16.0 Å². The Labute approximate surface area is 98.4 Å². The highest BCUT2D eigenvalue weighted by molar-refractivity contribution is 6.30. The van der Waals surface area contributed by atoms with Gasteiger partial charge in [-0.25, -0.2) is 4.79 Å². The molecule has 0 saturated carbocycles. The van der Waals surface area contributed by atoms with Crippen LogP contribution in [0.15, 0.2) is 18.2 Å². The van der Waals surface area contributed by atoms with Gasteiger partial charge in [0.15, 0.2) is 0 Å². The molecule has 1 fully saturated rings. The van der Waals surface area contributed by atoms with E-state index in [1.54, 1.807) is 6.07 Å². The molecule has 3 rings (SSSR count). The monoisotopic (exact) mass is 237 g/mol. The molecule has 84 valence electrons. The maximum absolute atomic E-state index is 11.6. The fourth-order valence-electron chi connectivity index (χ4n) is 2.49. The first-order valence-electron chi connectivity index (χ1n) is 5.30. The molecule has 1 atom stereocenters. The van der Waals surface area contributed by atoms with E-state index in [1.807, 2.05) is 12.1 Å². The molecule has 1 saturated heterocycles. The Morgan fingerprint density at radius 3 is 3.00 bits per heavy atom. The first-order valence-corrected chi connectivity index (χ1v) is 5.67. The summed E-state index contributed by atoms with van der Waals surface area (Å²) in [5, 5.41) is 9.78. The normalized spacial score (nSPS) is 27.4. The van der Waals surface area contributed by atoms with Crippen molar-refractivity contribution in [1.29, 1.82) is 0 Å². The smallest absolute Gasteiger partial charge is 0.319 e. The molecule has 5 heteroatoms. The standard InChI is InChI=1S/C11H12ClN3O/c12-7-1-2-9-8(5-7)11(3-4-13-6-11)15-10(16)14-9/h1-2,5,13H,3-4,6H2,(H2,14,15,16). The van der Waals surface area contributed by atoms with E-state index in [0.717, 1.165) is 30.8 Å². The summed E-state index contributed by atoms with van der Waals surface area (Å²) in [5.41, 5.74) is 1.64. The lowest BCUT2D eigenvalue weighted by atomic mass is 9.86. The zero-order valence-corrected chi connectivity index (χ0v) is 9.40. The first kappa shape index (κ1) is 9.93. The molecule has 0 aromatic heterocycles. The second-order valence-corrected chi connectivity index (χ2v) is 4.71. The molecule has 0 aliphatic carbocycles. The number of halogens is 1. The van der Waals surface area contributed by atoms with Crippen LogP contribution in [-0.4, -0.2) is 19.1 Å². The van der Waals surface area contributed by atoms with E-state index >= 15 is 0 Å². The zero-order chi connectivity index (χ0) is 11.2. The van der Waals surface area contributed by atoms with E-state index < -0.39 is 0 Å². The van der Waals surface area contributed by atoms with Crippen LogP contribution in [0.2, 0.25) is 5.02 Å². The third-order valence-electron chi connectivity index (χ3n) is 3.25. The lowest BCUT2D eigenvalue weighted by Gasteiger charge is -2.36. The Hall–Kier alpha value is -1.26. The molecule has 2 aliphatic rings. The van der Waals surface area contributed by atoms with Crippen molar-refractivity contribution in [2.24, 2.45) is 0 Å². The van der Waals surface area contributed by atoms with Gasteiger partial charge in [-0.15, -0.1) is 0 Å². The number of fused-ring (bicyclic) bond motifs is 2.